The third-order valence-electron chi connectivity index (χ3n) is 2.16. The molecule has 1 aromatic carbocycles. The van der Waals surface area contributed by atoms with E-state index in [9.17, 15) is 9.18 Å². The first-order valence-electron chi connectivity index (χ1n) is 4.83. The molecular formula is C11H9FN2O3. The molecule has 2 N–H and O–H groups in total. The van der Waals surface area contributed by atoms with Gasteiger partial charge in [-0.3, -0.25) is 0 Å². The number of halogens is 1. The Morgan fingerprint density at radius 2 is 2.29 bits per heavy atom. The lowest BCUT2D eigenvalue weighted by molar-refractivity contribution is 0.0697. The molecule has 6 heteroatoms. The first-order chi connectivity index (χ1) is 8.16. The lowest BCUT2D eigenvalue weighted by Crippen LogP contribution is -2.06. The van der Waals surface area contributed by atoms with Crippen LogP contribution in [0.3, 0.4) is 0 Å². The Morgan fingerprint density at radius 3 is 2.94 bits per heavy atom. The van der Waals surface area contributed by atoms with Crippen LogP contribution in [0.4, 0.5) is 10.1 Å². The molecule has 0 spiro atoms. The second kappa shape index (κ2) is 4.65. The van der Waals surface area contributed by atoms with E-state index in [1.807, 2.05) is 0 Å². The second-order valence-electron chi connectivity index (χ2n) is 3.33. The van der Waals surface area contributed by atoms with Crippen molar-refractivity contribution in [1.82, 2.24) is 5.16 Å². The quantitative estimate of drug-likeness (QED) is 0.850. The minimum absolute atomic E-state index is 0.121. The summed E-state index contributed by atoms with van der Waals surface area (Å²) in [6, 6.07) is 5.17. The van der Waals surface area contributed by atoms with Gasteiger partial charge in [0.2, 0.25) is 0 Å². The molecule has 0 aliphatic rings. The fraction of sp³-hybridized carbons (Fsp3) is 0.0909. The molecule has 1 heterocycles. The molecule has 0 aliphatic carbocycles. The zero-order valence-electron chi connectivity index (χ0n) is 8.68. The van der Waals surface area contributed by atoms with Gasteiger partial charge in [-0.15, -0.1) is 0 Å². The van der Waals surface area contributed by atoms with Crippen molar-refractivity contribution in [1.29, 1.82) is 0 Å². The van der Waals surface area contributed by atoms with E-state index in [-0.39, 0.29) is 12.1 Å². The summed E-state index contributed by atoms with van der Waals surface area (Å²) in [5.74, 6) is -1.22. The van der Waals surface area contributed by atoms with Crippen molar-refractivity contribution >= 4 is 11.7 Å². The van der Waals surface area contributed by atoms with Gasteiger partial charge in [0.15, 0.2) is 5.76 Å². The van der Waals surface area contributed by atoms with Crippen molar-refractivity contribution in [2.45, 2.75) is 6.54 Å². The molecule has 0 fully saturated rings. The van der Waals surface area contributed by atoms with Crippen LogP contribution >= 0.6 is 0 Å². The van der Waals surface area contributed by atoms with Crippen LogP contribution in [0.5, 0.6) is 0 Å². The molecule has 5 nitrogen and oxygen atoms in total. The maximum Gasteiger partial charge on any atom is 0.337 e. The Kier molecular flexibility index (Phi) is 3.04. The van der Waals surface area contributed by atoms with E-state index in [0.717, 1.165) is 6.07 Å². The number of nitrogens with zero attached hydrogens (tertiary/aromatic N) is 1. The van der Waals surface area contributed by atoms with Crippen molar-refractivity contribution in [2.75, 3.05) is 5.32 Å². The van der Waals surface area contributed by atoms with E-state index in [1.54, 1.807) is 6.07 Å². The average molecular weight is 236 g/mol. The molecule has 0 saturated heterocycles. The van der Waals surface area contributed by atoms with E-state index in [0.29, 0.717) is 11.4 Å². The highest BCUT2D eigenvalue weighted by Gasteiger charge is 2.11. The Balaban J connectivity index is 2.17. The van der Waals surface area contributed by atoms with Crippen molar-refractivity contribution in [3.05, 3.63) is 47.6 Å². The fourth-order valence-corrected chi connectivity index (χ4v) is 1.36. The summed E-state index contributed by atoms with van der Waals surface area (Å²) >= 11 is 0. The summed E-state index contributed by atoms with van der Waals surface area (Å²) < 4.78 is 17.7. The highest BCUT2D eigenvalue weighted by atomic mass is 19.1. The highest BCUT2D eigenvalue weighted by Crippen LogP contribution is 2.18. The molecule has 0 unspecified atom stereocenters. The van der Waals surface area contributed by atoms with E-state index < -0.39 is 11.8 Å². The van der Waals surface area contributed by atoms with E-state index in [2.05, 4.69) is 10.5 Å². The van der Waals surface area contributed by atoms with E-state index in [4.69, 9.17) is 9.63 Å². The number of rotatable bonds is 4. The van der Waals surface area contributed by atoms with Crippen LogP contribution in [0.25, 0.3) is 0 Å². The maximum absolute atomic E-state index is 12.9. The van der Waals surface area contributed by atoms with Crippen molar-refractivity contribution in [2.24, 2.45) is 0 Å². The summed E-state index contributed by atoms with van der Waals surface area (Å²) in [6.45, 7) is 0.284. The topological polar surface area (TPSA) is 75.4 Å². The number of anilines is 1. The van der Waals surface area contributed by atoms with E-state index in [1.165, 1.54) is 18.3 Å². The third-order valence-corrected chi connectivity index (χ3v) is 2.16. The molecule has 2 aromatic rings. The molecule has 2 rings (SSSR count). The molecule has 1 aromatic heterocycles. The number of carbonyl (C=O) groups is 1. The summed E-state index contributed by atoms with van der Waals surface area (Å²) in [5, 5.41) is 15.3. The SMILES string of the molecule is O=C(O)c1cc(F)ccc1NCc1ccno1. The first kappa shape index (κ1) is 11.1. The number of nitrogens with one attached hydrogen (secondary N) is 1. The molecule has 0 radical (unpaired) electrons. The Hall–Kier alpha value is -2.37. The van der Waals surface area contributed by atoms with Gasteiger partial charge in [-0.05, 0) is 18.2 Å². The van der Waals surface area contributed by atoms with Gasteiger partial charge < -0.3 is 14.9 Å². The van der Waals surface area contributed by atoms with Gasteiger partial charge in [0.1, 0.15) is 5.82 Å². The van der Waals surface area contributed by atoms with Crippen LogP contribution in [0.2, 0.25) is 0 Å². The second-order valence-corrected chi connectivity index (χ2v) is 3.33. The smallest absolute Gasteiger partial charge is 0.337 e. The third kappa shape index (κ3) is 2.60. The molecule has 0 bridgehead atoms. The number of hydrogen-bond acceptors (Lipinski definition) is 4. The van der Waals surface area contributed by atoms with Gasteiger partial charge in [-0.2, -0.15) is 0 Å². The van der Waals surface area contributed by atoms with Crippen LogP contribution in [0, 0.1) is 5.82 Å². The predicted molar refractivity (Wildman–Crippen MR) is 57.2 cm³/mol. The van der Waals surface area contributed by atoms with Gasteiger partial charge in [-0.25, -0.2) is 9.18 Å². The van der Waals surface area contributed by atoms with Gasteiger partial charge in [0.25, 0.3) is 0 Å². The zero-order valence-corrected chi connectivity index (χ0v) is 8.68. The van der Waals surface area contributed by atoms with Gasteiger partial charge in [0, 0.05) is 11.8 Å². The minimum Gasteiger partial charge on any atom is -0.478 e. The average Bonchev–Trinajstić information content (AvgIpc) is 2.80. The molecule has 0 amide bonds. The number of benzene rings is 1. The first-order valence-corrected chi connectivity index (χ1v) is 4.83. The zero-order chi connectivity index (χ0) is 12.3. The Bertz CT molecular complexity index is 526. The number of hydrogen-bond donors (Lipinski definition) is 2. The standard InChI is InChI=1S/C11H9FN2O3/c12-7-1-2-10(9(5-7)11(15)16)13-6-8-3-4-14-17-8/h1-5,13H,6H2,(H,15,16). The summed E-state index contributed by atoms with van der Waals surface area (Å²) in [5.41, 5.74) is 0.208. The molecular weight excluding hydrogens is 227 g/mol. The number of aromatic carboxylic acids is 1. The number of carboxylic acid groups (broad SMARTS) is 1. The Morgan fingerprint density at radius 1 is 1.47 bits per heavy atom. The van der Waals surface area contributed by atoms with Crippen molar-refractivity contribution < 1.29 is 18.8 Å². The molecule has 0 saturated carbocycles. The normalized spacial score (nSPS) is 10.2. The summed E-state index contributed by atoms with van der Waals surface area (Å²) in [4.78, 5) is 10.9. The van der Waals surface area contributed by atoms with Crippen LogP contribution < -0.4 is 5.32 Å². The lowest BCUT2D eigenvalue weighted by Gasteiger charge is -2.07. The highest BCUT2D eigenvalue weighted by molar-refractivity contribution is 5.94. The van der Waals surface area contributed by atoms with Crippen molar-refractivity contribution in [3.63, 3.8) is 0 Å². The Labute approximate surface area is 95.9 Å². The lowest BCUT2D eigenvalue weighted by atomic mass is 10.1. The molecule has 88 valence electrons. The van der Waals surface area contributed by atoms with Crippen molar-refractivity contribution in [3.8, 4) is 0 Å². The maximum atomic E-state index is 12.9. The van der Waals surface area contributed by atoms with Crippen LogP contribution in [-0.4, -0.2) is 16.2 Å². The molecule has 0 aliphatic heterocycles. The van der Waals surface area contributed by atoms with Gasteiger partial charge in [0.05, 0.1) is 18.3 Å². The fourth-order valence-electron chi connectivity index (χ4n) is 1.36. The summed E-state index contributed by atoms with van der Waals surface area (Å²) in [7, 11) is 0. The molecule has 0 atom stereocenters. The van der Waals surface area contributed by atoms with Crippen LogP contribution in [0.1, 0.15) is 16.1 Å². The van der Waals surface area contributed by atoms with Crippen LogP contribution in [-0.2, 0) is 6.54 Å². The molecule has 17 heavy (non-hydrogen) atoms. The number of carboxylic acids is 1. The van der Waals surface area contributed by atoms with Crippen LogP contribution in [0.15, 0.2) is 35.0 Å². The predicted octanol–water partition coefficient (Wildman–Crippen LogP) is 2.12. The largest absolute Gasteiger partial charge is 0.478 e. The number of aromatic nitrogens is 1. The minimum atomic E-state index is -1.19. The monoisotopic (exact) mass is 236 g/mol. The van der Waals surface area contributed by atoms with Gasteiger partial charge >= 0.3 is 5.97 Å². The van der Waals surface area contributed by atoms with E-state index >= 15 is 0 Å². The van der Waals surface area contributed by atoms with Gasteiger partial charge in [-0.1, -0.05) is 5.16 Å². The summed E-state index contributed by atoms with van der Waals surface area (Å²) in [6.07, 6.45) is 1.49.